The van der Waals surface area contributed by atoms with E-state index in [-0.39, 0.29) is 5.92 Å². The number of nitrogens with zero attached hydrogens (tertiary/aromatic N) is 4. The molecule has 158 valence electrons. The third-order valence-corrected chi connectivity index (χ3v) is 8.65. The van der Waals surface area contributed by atoms with Gasteiger partial charge in [-0.15, -0.1) is 0 Å². The normalized spacial score (nSPS) is 21.4. The van der Waals surface area contributed by atoms with Gasteiger partial charge in [0.25, 0.3) is 0 Å². The molecule has 2 fully saturated rings. The van der Waals surface area contributed by atoms with Gasteiger partial charge in [-0.05, 0) is 55.0 Å². The summed E-state index contributed by atoms with van der Waals surface area (Å²) in [6.07, 6.45) is 8.84. The Bertz CT molecular complexity index is 1150. The maximum absolute atomic E-state index is 13.2. The molecule has 7 heteroatoms. The molecule has 6 nitrogen and oxygen atoms in total. The van der Waals surface area contributed by atoms with Crippen molar-refractivity contribution in [3.8, 4) is 0 Å². The second-order valence-corrected chi connectivity index (χ2v) is 10.6. The quantitative estimate of drug-likeness (QED) is 0.630. The van der Waals surface area contributed by atoms with E-state index < -0.39 is 10.0 Å². The average molecular weight is 425 g/mol. The Morgan fingerprint density at radius 1 is 0.967 bits per heavy atom. The Morgan fingerprint density at radius 3 is 2.47 bits per heavy atom. The predicted octanol–water partition coefficient (Wildman–Crippen LogP) is 4.19. The van der Waals surface area contributed by atoms with Crippen molar-refractivity contribution in [3.63, 3.8) is 0 Å². The Labute approximate surface area is 178 Å². The summed E-state index contributed by atoms with van der Waals surface area (Å²) in [5, 5.41) is 0. The minimum atomic E-state index is -3.49. The van der Waals surface area contributed by atoms with Gasteiger partial charge < -0.3 is 4.57 Å². The van der Waals surface area contributed by atoms with Gasteiger partial charge in [0.15, 0.2) is 5.65 Å². The van der Waals surface area contributed by atoms with Gasteiger partial charge >= 0.3 is 0 Å². The van der Waals surface area contributed by atoms with Gasteiger partial charge in [0, 0.05) is 32.3 Å². The van der Waals surface area contributed by atoms with Crippen LogP contribution in [0.1, 0.15) is 61.7 Å². The molecule has 1 saturated carbocycles. The molecule has 0 spiro atoms. The number of fused-ring (bicyclic) bond motifs is 1. The molecular weight excluding hydrogens is 396 g/mol. The lowest BCUT2D eigenvalue weighted by atomic mass is 9.84. The number of pyridine rings is 1. The molecule has 0 N–H and O–H groups in total. The number of aryl methyl sites for hydroxylation is 1. The van der Waals surface area contributed by atoms with Gasteiger partial charge in [-0.1, -0.05) is 31.4 Å². The van der Waals surface area contributed by atoms with Crippen molar-refractivity contribution in [1.82, 2.24) is 18.8 Å². The monoisotopic (exact) mass is 424 g/mol. The molecular formula is C23H28N4O2S. The predicted molar refractivity (Wildman–Crippen MR) is 117 cm³/mol. The SMILES string of the molecule is Cn1c([C@@H]2CCN(S(=O)(=O)c3ccc(C4CCCCC4)cc3)C2)nc2cccnc21. The third-order valence-electron chi connectivity index (χ3n) is 6.77. The second kappa shape index (κ2) is 7.78. The van der Waals surface area contributed by atoms with Crippen LogP contribution >= 0.6 is 0 Å². The minimum absolute atomic E-state index is 0.0838. The number of hydrogen-bond acceptors (Lipinski definition) is 4. The van der Waals surface area contributed by atoms with E-state index in [2.05, 4.69) is 4.98 Å². The zero-order chi connectivity index (χ0) is 20.7. The first kappa shape index (κ1) is 19.7. The molecule has 1 atom stereocenters. The highest BCUT2D eigenvalue weighted by Gasteiger charge is 2.35. The summed E-state index contributed by atoms with van der Waals surface area (Å²) in [5.41, 5.74) is 2.97. The summed E-state index contributed by atoms with van der Waals surface area (Å²) in [7, 11) is -1.53. The van der Waals surface area contributed by atoms with E-state index in [1.54, 1.807) is 22.6 Å². The zero-order valence-corrected chi connectivity index (χ0v) is 18.2. The highest BCUT2D eigenvalue weighted by Crippen LogP contribution is 2.35. The van der Waals surface area contributed by atoms with Crippen molar-refractivity contribution >= 4 is 21.2 Å². The Kier molecular flexibility index (Phi) is 5.11. The Hall–Kier alpha value is -2.25. The van der Waals surface area contributed by atoms with Crippen molar-refractivity contribution in [1.29, 1.82) is 0 Å². The molecule has 0 unspecified atom stereocenters. The summed E-state index contributed by atoms with van der Waals surface area (Å²) < 4.78 is 30.1. The maximum Gasteiger partial charge on any atom is 0.243 e. The first-order chi connectivity index (χ1) is 14.5. The topological polar surface area (TPSA) is 68.1 Å². The van der Waals surface area contributed by atoms with Gasteiger partial charge in [-0.2, -0.15) is 4.31 Å². The van der Waals surface area contributed by atoms with Crippen molar-refractivity contribution < 1.29 is 8.42 Å². The fraction of sp³-hybridized carbons (Fsp3) is 0.478. The van der Waals surface area contributed by atoms with E-state index in [9.17, 15) is 8.42 Å². The molecule has 0 bridgehead atoms. The van der Waals surface area contributed by atoms with Gasteiger partial charge in [-0.25, -0.2) is 18.4 Å². The van der Waals surface area contributed by atoms with Crippen molar-refractivity contribution in [2.45, 2.75) is 55.3 Å². The molecule has 3 aromatic rings. The molecule has 1 aliphatic carbocycles. The Balaban J connectivity index is 1.34. The summed E-state index contributed by atoms with van der Waals surface area (Å²) in [5.74, 6) is 1.58. The molecule has 3 heterocycles. The van der Waals surface area contributed by atoms with E-state index in [4.69, 9.17) is 4.98 Å². The average Bonchev–Trinajstić information content (AvgIpc) is 3.40. The summed E-state index contributed by atoms with van der Waals surface area (Å²) in [4.78, 5) is 9.53. The highest BCUT2D eigenvalue weighted by atomic mass is 32.2. The third kappa shape index (κ3) is 3.44. The number of hydrogen-bond donors (Lipinski definition) is 0. The maximum atomic E-state index is 13.2. The first-order valence-electron chi connectivity index (χ1n) is 10.9. The van der Waals surface area contributed by atoms with Crippen LogP contribution in [0.3, 0.4) is 0 Å². The standard InChI is InChI=1S/C23H28N4O2S/c1-26-22(25-21-8-5-14-24-23(21)26)19-13-15-27(16-19)30(28,29)20-11-9-18(10-12-20)17-6-3-2-4-7-17/h5,8-12,14,17,19H,2-4,6-7,13,15-16H2,1H3/t19-/m1/s1. The Morgan fingerprint density at radius 2 is 1.73 bits per heavy atom. The lowest BCUT2D eigenvalue weighted by molar-refractivity contribution is 0.443. The fourth-order valence-electron chi connectivity index (χ4n) is 5.06. The number of sulfonamides is 1. The van der Waals surface area contributed by atoms with Crippen LogP contribution in [0.4, 0.5) is 0 Å². The molecule has 5 rings (SSSR count). The number of rotatable bonds is 4. The van der Waals surface area contributed by atoms with Crippen molar-refractivity contribution in [2.24, 2.45) is 7.05 Å². The fourth-order valence-corrected chi connectivity index (χ4v) is 6.56. The molecule has 1 saturated heterocycles. The van der Waals surface area contributed by atoms with Crippen LogP contribution in [0.25, 0.3) is 11.2 Å². The molecule has 30 heavy (non-hydrogen) atoms. The molecule has 0 radical (unpaired) electrons. The number of aromatic nitrogens is 3. The molecule has 2 aromatic heterocycles. The second-order valence-electron chi connectivity index (χ2n) is 8.63. The largest absolute Gasteiger partial charge is 0.316 e. The number of benzene rings is 1. The molecule has 1 aliphatic heterocycles. The van der Waals surface area contributed by atoms with E-state index in [0.717, 1.165) is 23.4 Å². The van der Waals surface area contributed by atoms with Crippen LogP contribution in [0.2, 0.25) is 0 Å². The molecule has 0 amide bonds. The highest BCUT2D eigenvalue weighted by molar-refractivity contribution is 7.89. The van der Waals surface area contributed by atoms with Gasteiger partial charge in [0.2, 0.25) is 10.0 Å². The van der Waals surface area contributed by atoms with E-state index in [1.165, 1.54) is 37.7 Å². The smallest absolute Gasteiger partial charge is 0.243 e. The van der Waals surface area contributed by atoms with Gasteiger partial charge in [0.1, 0.15) is 11.3 Å². The van der Waals surface area contributed by atoms with E-state index in [1.807, 2.05) is 35.9 Å². The van der Waals surface area contributed by atoms with Crippen molar-refractivity contribution in [3.05, 3.63) is 54.0 Å². The van der Waals surface area contributed by atoms with Crippen LogP contribution in [-0.2, 0) is 17.1 Å². The van der Waals surface area contributed by atoms with Crippen molar-refractivity contribution in [2.75, 3.05) is 13.1 Å². The lowest BCUT2D eigenvalue weighted by Crippen LogP contribution is -2.29. The summed E-state index contributed by atoms with van der Waals surface area (Å²) in [6.45, 7) is 0.984. The van der Waals surface area contributed by atoms with Crippen LogP contribution in [0.5, 0.6) is 0 Å². The van der Waals surface area contributed by atoms with Crippen LogP contribution in [-0.4, -0.2) is 40.3 Å². The summed E-state index contributed by atoms with van der Waals surface area (Å²) >= 11 is 0. The van der Waals surface area contributed by atoms with Gasteiger partial charge in [0.05, 0.1) is 4.90 Å². The molecule has 1 aromatic carbocycles. The van der Waals surface area contributed by atoms with Crippen LogP contribution < -0.4 is 0 Å². The minimum Gasteiger partial charge on any atom is -0.316 e. The summed E-state index contributed by atoms with van der Waals surface area (Å²) in [6, 6.07) is 11.5. The molecule has 2 aliphatic rings. The number of imidazole rings is 1. The first-order valence-corrected chi connectivity index (χ1v) is 12.4. The van der Waals surface area contributed by atoms with Crippen LogP contribution in [0, 0.1) is 0 Å². The van der Waals surface area contributed by atoms with Crippen LogP contribution in [0.15, 0.2) is 47.5 Å². The van der Waals surface area contributed by atoms with E-state index >= 15 is 0 Å². The zero-order valence-electron chi connectivity index (χ0n) is 17.4. The van der Waals surface area contributed by atoms with E-state index in [0.29, 0.717) is 23.9 Å². The lowest BCUT2D eigenvalue weighted by Gasteiger charge is -2.22. The van der Waals surface area contributed by atoms with Gasteiger partial charge in [-0.3, -0.25) is 0 Å².